The van der Waals surface area contributed by atoms with Crippen molar-refractivity contribution in [2.75, 3.05) is 0 Å². The summed E-state index contributed by atoms with van der Waals surface area (Å²) in [7, 11) is 0. The Hall–Kier alpha value is -7.37. The molecular weight excluding hydrogens is 661 g/mol. The van der Waals surface area contributed by atoms with E-state index in [9.17, 15) is 0 Å². The van der Waals surface area contributed by atoms with Gasteiger partial charge in [-0.1, -0.05) is 146 Å². The van der Waals surface area contributed by atoms with Gasteiger partial charge in [-0.05, 0) is 47.2 Å². The average Bonchev–Trinajstić information content (AvgIpc) is 3.79. The van der Waals surface area contributed by atoms with Gasteiger partial charge in [-0.2, -0.15) is 0 Å². The minimum absolute atomic E-state index is 0.694. The summed E-state index contributed by atoms with van der Waals surface area (Å²) in [5.41, 5.74) is 11.2. The number of fused-ring (bicyclic) bond motifs is 8. The van der Waals surface area contributed by atoms with Crippen LogP contribution in [0.5, 0.6) is 0 Å². The van der Waals surface area contributed by atoms with Crippen molar-refractivity contribution in [1.29, 1.82) is 0 Å². The van der Waals surface area contributed by atoms with E-state index in [1.165, 1.54) is 10.8 Å². The highest BCUT2D eigenvalue weighted by molar-refractivity contribution is 6.28. The molecule has 0 N–H and O–H groups in total. The monoisotopic (exact) mass is 690 g/mol. The number of pyridine rings is 1. The van der Waals surface area contributed by atoms with Gasteiger partial charge in [0.25, 0.3) is 0 Å². The highest BCUT2D eigenvalue weighted by atomic mass is 16.3. The fourth-order valence-corrected chi connectivity index (χ4v) is 7.83. The molecule has 252 valence electrons. The van der Waals surface area contributed by atoms with E-state index in [2.05, 4.69) is 150 Å². The Labute approximate surface area is 310 Å². The second kappa shape index (κ2) is 12.1. The van der Waals surface area contributed by atoms with Crippen LogP contribution in [0.25, 0.3) is 105 Å². The predicted molar refractivity (Wildman–Crippen MR) is 221 cm³/mol. The van der Waals surface area contributed by atoms with Gasteiger partial charge < -0.3 is 4.42 Å². The van der Waals surface area contributed by atoms with Crippen LogP contribution in [-0.2, 0) is 0 Å². The van der Waals surface area contributed by atoms with Crippen LogP contribution < -0.4 is 0 Å². The van der Waals surface area contributed by atoms with Crippen molar-refractivity contribution < 1.29 is 4.42 Å². The summed E-state index contributed by atoms with van der Waals surface area (Å²) in [5, 5.41) is 6.72. The lowest BCUT2D eigenvalue weighted by Crippen LogP contribution is -1.97. The fourth-order valence-electron chi connectivity index (χ4n) is 7.83. The second-order valence-electron chi connectivity index (χ2n) is 13.6. The molecule has 5 nitrogen and oxygen atoms in total. The molecule has 0 radical (unpaired) electrons. The third-order valence-electron chi connectivity index (χ3n) is 10.4. The van der Waals surface area contributed by atoms with E-state index in [1.807, 2.05) is 36.4 Å². The summed E-state index contributed by atoms with van der Waals surface area (Å²) >= 11 is 0. The average molecular weight is 691 g/mol. The number of hydrogen-bond acceptors (Lipinski definition) is 4. The number of hydrogen-bond donors (Lipinski definition) is 0. The summed E-state index contributed by atoms with van der Waals surface area (Å²) in [4.78, 5) is 15.3. The maximum absolute atomic E-state index is 7.05. The quantitative estimate of drug-likeness (QED) is 0.180. The molecule has 0 spiro atoms. The Morgan fingerprint density at radius 1 is 0.426 bits per heavy atom. The van der Waals surface area contributed by atoms with Gasteiger partial charge >= 0.3 is 0 Å². The van der Waals surface area contributed by atoms with Crippen molar-refractivity contribution in [3.8, 4) is 50.8 Å². The Kier molecular flexibility index (Phi) is 6.79. The molecule has 0 bridgehead atoms. The van der Waals surface area contributed by atoms with Crippen molar-refractivity contribution in [2.24, 2.45) is 0 Å². The molecule has 4 heterocycles. The third kappa shape index (κ3) is 4.83. The lowest BCUT2D eigenvalue weighted by atomic mass is 10.0. The molecule has 11 aromatic rings. The standard InChI is InChI=1S/C49H30N4O/c1-3-14-32(15-4-1)41-30-42(52-48(51-41)34-16-5-2-6-17-34)33-25-27-37(28-26-33)53-43-22-12-10-20-39(43)45-44-38-19-9-11-21-40(38)50-46(47(44)54-49(45)53)36-24-23-31-13-7-8-18-35(31)29-36/h1-30H. The molecule has 0 amide bonds. The highest BCUT2D eigenvalue weighted by Crippen LogP contribution is 2.45. The predicted octanol–water partition coefficient (Wildman–Crippen LogP) is 12.7. The normalized spacial score (nSPS) is 11.7. The number of benzene rings is 7. The van der Waals surface area contributed by atoms with Crippen molar-refractivity contribution in [2.45, 2.75) is 0 Å². The lowest BCUT2D eigenvalue weighted by molar-refractivity contribution is 0.645. The first kappa shape index (κ1) is 30.3. The maximum Gasteiger partial charge on any atom is 0.213 e. The first-order chi connectivity index (χ1) is 26.8. The molecule has 0 saturated carbocycles. The van der Waals surface area contributed by atoms with Gasteiger partial charge in [0, 0.05) is 44.1 Å². The van der Waals surface area contributed by atoms with Gasteiger partial charge in [0.15, 0.2) is 11.4 Å². The van der Waals surface area contributed by atoms with E-state index in [-0.39, 0.29) is 0 Å². The Balaban J connectivity index is 1.11. The van der Waals surface area contributed by atoms with Crippen LogP contribution in [0.2, 0.25) is 0 Å². The number of nitrogens with zero attached hydrogens (tertiary/aromatic N) is 4. The summed E-state index contributed by atoms with van der Waals surface area (Å²) in [6.07, 6.45) is 0. The van der Waals surface area contributed by atoms with Crippen molar-refractivity contribution in [3.05, 3.63) is 182 Å². The molecule has 0 aliphatic rings. The highest BCUT2D eigenvalue weighted by Gasteiger charge is 2.24. The Morgan fingerprint density at radius 2 is 1.04 bits per heavy atom. The second-order valence-corrected chi connectivity index (χ2v) is 13.6. The molecule has 0 aliphatic carbocycles. The van der Waals surface area contributed by atoms with Gasteiger partial charge in [-0.25, -0.2) is 15.0 Å². The first-order valence-corrected chi connectivity index (χ1v) is 18.1. The number of rotatable bonds is 5. The van der Waals surface area contributed by atoms with E-state index in [0.29, 0.717) is 5.82 Å². The van der Waals surface area contributed by atoms with Crippen molar-refractivity contribution in [3.63, 3.8) is 0 Å². The molecule has 4 aromatic heterocycles. The largest absolute Gasteiger partial charge is 0.437 e. The molecule has 0 aliphatic heterocycles. The van der Waals surface area contributed by atoms with Crippen LogP contribution in [0, 0.1) is 0 Å². The molecule has 0 saturated heterocycles. The van der Waals surface area contributed by atoms with E-state index in [0.717, 1.165) is 88.9 Å². The summed E-state index contributed by atoms with van der Waals surface area (Å²) in [6, 6.07) is 63.0. The van der Waals surface area contributed by atoms with E-state index in [4.69, 9.17) is 19.4 Å². The van der Waals surface area contributed by atoms with Crippen LogP contribution in [0.1, 0.15) is 0 Å². The van der Waals surface area contributed by atoms with Crippen molar-refractivity contribution >= 4 is 54.6 Å². The topological polar surface area (TPSA) is 56.7 Å². The SMILES string of the molecule is c1ccc(-c2cc(-c3ccc(-n4c5ccccc5c5c6c(oc54)c(-c4ccc5ccccc5c4)nc4ccccc46)cc3)nc(-c3ccccc3)n2)cc1. The van der Waals surface area contributed by atoms with Crippen LogP contribution in [-0.4, -0.2) is 19.5 Å². The molecule has 54 heavy (non-hydrogen) atoms. The van der Waals surface area contributed by atoms with Crippen LogP contribution in [0.15, 0.2) is 186 Å². The molecule has 11 rings (SSSR count). The van der Waals surface area contributed by atoms with E-state index >= 15 is 0 Å². The van der Waals surface area contributed by atoms with Crippen LogP contribution in [0.4, 0.5) is 0 Å². The summed E-state index contributed by atoms with van der Waals surface area (Å²) in [5.74, 6) is 0.694. The third-order valence-corrected chi connectivity index (χ3v) is 10.4. The zero-order chi connectivity index (χ0) is 35.6. The van der Waals surface area contributed by atoms with Crippen LogP contribution >= 0.6 is 0 Å². The minimum Gasteiger partial charge on any atom is -0.437 e. The van der Waals surface area contributed by atoms with E-state index in [1.54, 1.807) is 0 Å². The smallest absolute Gasteiger partial charge is 0.213 e. The molecule has 7 aromatic carbocycles. The number of para-hydroxylation sites is 2. The molecule has 0 unspecified atom stereocenters. The molecule has 0 atom stereocenters. The van der Waals surface area contributed by atoms with Crippen molar-refractivity contribution in [1.82, 2.24) is 19.5 Å². The number of furan rings is 1. The molecule has 5 heteroatoms. The van der Waals surface area contributed by atoms with Crippen LogP contribution in [0.3, 0.4) is 0 Å². The van der Waals surface area contributed by atoms with Gasteiger partial charge in [0.1, 0.15) is 5.69 Å². The maximum atomic E-state index is 7.05. The lowest BCUT2D eigenvalue weighted by Gasteiger charge is -2.11. The van der Waals surface area contributed by atoms with Gasteiger partial charge in [0.05, 0.1) is 27.8 Å². The van der Waals surface area contributed by atoms with Gasteiger partial charge in [-0.15, -0.1) is 0 Å². The minimum atomic E-state index is 0.694. The van der Waals surface area contributed by atoms with Gasteiger partial charge in [0.2, 0.25) is 5.71 Å². The summed E-state index contributed by atoms with van der Waals surface area (Å²) < 4.78 is 9.29. The first-order valence-electron chi connectivity index (χ1n) is 18.1. The molecule has 0 fully saturated rings. The zero-order valence-electron chi connectivity index (χ0n) is 29.0. The Bertz CT molecular complexity index is 3140. The zero-order valence-corrected chi connectivity index (χ0v) is 29.0. The Morgan fingerprint density at radius 3 is 1.81 bits per heavy atom. The molecular formula is C49H30N4O. The summed E-state index contributed by atoms with van der Waals surface area (Å²) in [6.45, 7) is 0. The fraction of sp³-hybridized carbons (Fsp3) is 0. The van der Waals surface area contributed by atoms with E-state index < -0.39 is 0 Å². The van der Waals surface area contributed by atoms with Gasteiger partial charge in [-0.3, -0.25) is 4.57 Å². The number of aromatic nitrogens is 4.